The summed E-state index contributed by atoms with van der Waals surface area (Å²) in [6.45, 7) is 1.50. The molecule has 6 rings (SSSR count). The van der Waals surface area contributed by atoms with Gasteiger partial charge in [0.2, 0.25) is 11.8 Å². The summed E-state index contributed by atoms with van der Waals surface area (Å²) >= 11 is 0. The van der Waals surface area contributed by atoms with Crippen LogP contribution in [0.2, 0.25) is 0 Å². The minimum Gasteiger partial charge on any atom is -0.476 e. The molecule has 1 saturated heterocycles. The maximum absolute atomic E-state index is 13.5. The van der Waals surface area contributed by atoms with Gasteiger partial charge in [-0.15, -0.1) is 0 Å². The van der Waals surface area contributed by atoms with Crippen molar-refractivity contribution in [2.24, 2.45) is 0 Å². The molecule has 0 bridgehead atoms. The lowest BCUT2D eigenvalue weighted by atomic mass is 10.1. The van der Waals surface area contributed by atoms with Gasteiger partial charge in [-0.05, 0) is 49.7 Å². The second-order valence-electron chi connectivity index (χ2n) is 9.46. The molecule has 2 N–H and O–H groups in total. The zero-order chi connectivity index (χ0) is 28.0. The summed E-state index contributed by atoms with van der Waals surface area (Å²) in [6, 6.07) is 13.9. The van der Waals surface area contributed by atoms with Crippen molar-refractivity contribution in [1.29, 1.82) is 0 Å². The lowest BCUT2D eigenvalue weighted by Crippen LogP contribution is -2.49. The van der Waals surface area contributed by atoms with Crippen molar-refractivity contribution in [1.82, 2.24) is 14.9 Å². The van der Waals surface area contributed by atoms with Crippen LogP contribution in [0.25, 0.3) is 10.9 Å². The number of hydrogen-bond donors (Lipinski definition) is 2. The van der Waals surface area contributed by atoms with Gasteiger partial charge in [-0.1, -0.05) is 18.2 Å². The van der Waals surface area contributed by atoms with E-state index in [1.807, 2.05) is 0 Å². The van der Waals surface area contributed by atoms with Gasteiger partial charge in [0, 0.05) is 6.42 Å². The number of amides is 4. The van der Waals surface area contributed by atoms with E-state index in [4.69, 9.17) is 9.15 Å². The van der Waals surface area contributed by atoms with Crippen LogP contribution in [0.4, 0.5) is 11.4 Å². The molecule has 4 aromatic rings. The fourth-order valence-corrected chi connectivity index (χ4v) is 5.04. The predicted octanol–water partition coefficient (Wildman–Crippen LogP) is 2.32. The fraction of sp³-hybridized carbons (Fsp3) is 0.214. The zero-order valence-corrected chi connectivity index (χ0v) is 21.2. The Bertz CT molecular complexity index is 1740. The van der Waals surface area contributed by atoms with Gasteiger partial charge in [-0.3, -0.25) is 38.8 Å². The van der Waals surface area contributed by atoms with Gasteiger partial charge in [0.25, 0.3) is 17.4 Å². The number of hydrogen-bond acceptors (Lipinski definition) is 8. The minimum atomic E-state index is -1.07. The Morgan fingerprint density at radius 3 is 2.65 bits per heavy atom. The van der Waals surface area contributed by atoms with E-state index in [2.05, 4.69) is 15.6 Å². The summed E-state index contributed by atoms with van der Waals surface area (Å²) in [5, 5.41) is 5.24. The highest BCUT2D eigenvalue weighted by Crippen LogP contribution is 2.34. The molecule has 2 unspecified atom stereocenters. The Labute approximate surface area is 226 Å². The quantitative estimate of drug-likeness (QED) is 0.374. The first-order valence-corrected chi connectivity index (χ1v) is 12.6. The number of nitrogens with zero attached hydrogens (tertiary/aromatic N) is 3. The van der Waals surface area contributed by atoms with Crippen LogP contribution in [0.1, 0.15) is 35.3 Å². The van der Waals surface area contributed by atoms with E-state index >= 15 is 0 Å². The van der Waals surface area contributed by atoms with Crippen molar-refractivity contribution in [3.63, 3.8) is 0 Å². The number of carbonyl (C=O) groups is 4. The molecule has 0 radical (unpaired) electrons. The molecule has 0 spiro atoms. The number of piperidine rings is 1. The van der Waals surface area contributed by atoms with Crippen LogP contribution in [0.5, 0.6) is 5.75 Å². The number of ether oxygens (including phenoxy) is 1. The van der Waals surface area contributed by atoms with Crippen molar-refractivity contribution in [2.75, 3.05) is 16.8 Å². The standard InChI is InChI=1S/C28H23N5O7/c1-15-29-24-16(27(37)33(15)19-11-12-23(34)31-25(19)35)6-4-7-17(24)30-26(36)22-14-32(28(38)21-10-5-13-39-21)18-8-2-3-9-20(18)40-22/h2-10,13,19,22H,11-12,14H2,1H3,(H,30,36)(H,31,34,35). The molecule has 12 nitrogen and oxygen atoms in total. The molecule has 0 saturated carbocycles. The van der Waals surface area contributed by atoms with Crippen molar-refractivity contribution < 1.29 is 28.3 Å². The SMILES string of the molecule is Cc1nc2c(NC(=O)C3CN(C(=O)c4ccco4)c4ccccc4O3)cccc2c(=O)n1C1CCC(=O)NC1=O. The Morgan fingerprint density at radius 1 is 1.05 bits per heavy atom. The van der Waals surface area contributed by atoms with Gasteiger partial charge in [-0.2, -0.15) is 0 Å². The highest BCUT2D eigenvalue weighted by molar-refractivity contribution is 6.08. The monoisotopic (exact) mass is 541 g/mol. The Balaban J connectivity index is 1.31. The highest BCUT2D eigenvalue weighted by Gasteiger charge is 2.36. The van der Waals surface area contributed by atoms with Crippen molar-refractivity contribution in [2.45, 2.75) is 31.9 Å². The van der Waals surface area contributed by atoms with Gasteiger partial charge >= 0.3 is 0 Å². The molecule has 2 aromatic heterocycles. The number of anilines is 2. The summed E-state index contributed by atoms with van der Waals surface area (Å²) in [4.78, 5) is 70.0. The van der Waals surface area contributed by atoms with E-state index in [9.17, 15) is 24.0 Å². The van der Waals surface area contributed by atoms with Gasteiger partial charge in [0.1, 0.15) is 23.1 Å². The second kappa shape index (κ2) is 9.80. The number of fused-ring (bicyclic) bond motifs is 2. The molecular weight excluding hydrogens is 518 g/mol. The van der Waals surface area contributed by atoms with Crippen molar-refractivity contribution in [3.8, 4) is 5.75 Å². The first-order chi connectivity index (χ1) is 19.3. The number of aromatic nitrogens is 2. The molecule has 0 aliphatic carbocycles. The van der Waals surface area contributed by atoms with E-state index in [0.717, 1.165) is 0 Å². The molecule has 2 atom stereocenters. The molecule has 2 aromatic carbocycles. The van der Waals surface area contributed by atoms with Crippen molar-refractivity contribution in [3.05, 3.63) is 82.8 Å². The van der Waals surface area contributed by atoms with E-state index in [-0.39, 0.29) is 53.5 Å². The van der Waals surface area contributed by atoms with Crippen LogP contribution in [-0.2, 0) is 14.4 Å². The smallest absolute Gasteiger partial charge is 0.294 e. The van der Waals surface area contributed by atoms with E-state index in [1.165, 1.54) is 15.7 Å². The molecule has 4 amide bonds. The third kappa shape index (κ3) is 4.28. The zero-order valence-electron chi connectivity index (χ0n) is 21.2. The molecule has 12 heteroatoms. The largest absolute Gasteiger partial charge is 0.476 e. The van der Waals surface area contributed by atoms with Crippen LogP contribution in [0.3, 0.4) is 0 Å². The van der Waals surface area contributed by atoms with E-state index < -0.39 is 35.4 Å². The summed E-state index contributed by atoms with van der Waals surface area (Å²) in [5.41, 5.74) is 0.543. The normalized spacial score (nSPS) is 18.6. The lowest BCUT2D eigenvalue weighted by molar-refractivity contribution is -0.135. The fourth-order valence-electron chi connectivity index (χ4n) is 5.04. The number of para-hydroxylation sites is 3. The van der Waals surface area contributed by atoms with Crippen LogP contribution in [-0.4, -0.2) is 45.8 Å². The van der Waals surface area contributed by atoms with E-state index in [0.29, 0.717) is 11.4 Å². The highest BCUT2D eigenvalue weighted by atomic mass is 16.5. The molecular formula is C28H23N5O7. The van der Waals surface area contributed by atoms with Gasteiger partial charge in [-0.25, -0.2) is 4.98 Å². The maximum atomic E-state index is 13.5. The Morgan fingerprint density at radius 2 is 1.88 bits per heavy atom. The van der Waals surface area contributed by atoms with Crippen LogP contribution in [0, 0.1) is 6.92 Å². The minimum absolute atomic E-state index is 0.0814. The number of rotatable bonds is 4. The van der Waals surface area contributed by atoms with E-state index in [1.54, 1.807) is 61.5 Å². The van der Waals surface area contributed by atoms with Crippen molar-refractivity contribution >= 4 is 45.9 Å². The average molecular weight is 542 g/mol. The summed E-state index contributed by atoms with van der Waals surface area (Å²) in [7, 11) is 0. The second-order valence-corrected chi connectivity index (χ2v) is 9.46. The lowest BCUT2D eigenvalue weighted by Gasteiger charge is -2.33. The van der Waals surface area contributed by atoms with Crippen LogP contribution < -0.4 is 25.8 Å². The molecule has 202 valence electrons. The number of aryl methyl sites for hydroxylation is 1. The number of benzene rings is 2. The summed E-state index contributed by atoms with van der Waals surface area (Å²) in [5.74, 6) is -1.18. The molecule has 2 aliphatic heterocycles. The number of carbonyl (C=O) groups excluding carboxylic acids is 4. The average Bonchev–Trinajstić information content (AvgIpc) is 3.49. The number of furan rings is 1. The third-order valence-corrected chi connectivity index (χ3v) is 6.93. The topological polar surface area (TPSA) is 153 Å². The summed E-state index contributed by atoms with van der Waals surface area (Å²) < 4.78 is 12.5. The number of imide groups is 1. The van der Waals surface area contributed by atoms with Gasteiger partial charge in [0.05, 0.1) is 29.6 Å². The Kier molecular flexibility index (Phi) is 6.14. The first-order valence-electron chi connectivity index (χ1n) is 12.6. The third-order valence-electron chi connectivity index (χ3n) is 6.93. The van der Waals surface area contributed by atoms with Gasteiger partial charge < -0.3 is 14.5 Å². The van der Waals surface area contributed by atoms with Crippen LogP contribution in [0.15, 0.2) is 70.1 Å². The predicted molar refractivity (Wildman–Crippen MR) is 142 cm³/mol. The van der Waals surface area contributed by atoms with Crippen LogP contribution >= 0.6 is 0 Å². The first kappa shape index (κ1) is 25.0. The molecule has 40 heavy (non-hydrogen) atoms. The maximum Gasteiger partial charge on any atom is 0.294 e. The summed E-state index contributed by atoms with van der Waals surface area (Å²) in [6.07, 6.45) is 0.616. The molecule has 2 aliphatic rings. The van der Waals surface area contributed by atoms with Gasteiger partial charge in [0.15, 0.2) is 11.9 Å². The Hall–Kier alpha value is -5.26. The molecule has 4 heterocycles. The molecule has 1 fully saturated rings. The number of nitrogens with one attached hydrogen (secondary N) is 2.